The van der Waals surface area contributed by atoms with Gasteiger partial charge in [0.15, 0.2) is 0 Å². The first-order chi connectivity index (χ1) is 11.0. The predicted molar refractivity (Wildman–Crippen MR) is 88.5 cm³/mol. The lowest BCUT2D eigenvalue weighted by atomic mass is 9.88. The number of ether oxygens (including phenoxy) is 1. The van der Waals surface area contributed by atoms with E-state index in [0.717, 1.165) is 11.1 Å². The quantitative estimate of drug-likeness (QED) is 0.831. The van der Waals surface area contributed by atoms with Crippen molar-refractivity contribution in [3.63, 3.8) is 0 Å². The second-order valence-electron chi connectivity index (χ2n) is 5.78. The minimum Gasteiger partial charge on any atom is -0.461 e. The standard InChI is InChI=1S/C19H22FNO2/c1-13(21)19(22)23-14(2)18(16-6-4-3-5-7-16)12-15-8-10-17(20)11-9-15/h3-11,13-14,18H,12,21H2,1-2H3/t13-,14-,18-/m0/s1. The van der Waals surface area contributed by atoms with Crippen LogP contribution in [0, 0.1) is 5.82 Å². The van der Waals surface area contributed by atoms with Crippen molar-refractivity contribution in [3.05, 3.63) is 71.5 Å². The van der Waals surface area contributed by atoms with Crippen LogP contribution in [0.2, 0.25) is 0 Å². The Labute approximate surface area is 136 Å². The van der Waals surface area contributed by atoms with Crippen LogP contribution in [0.4, 0.5) is 4.39 Å². The van der Waals surface area contributed by atoms with E-state index >= 15 is 0 Å². The number of halogens is 1. The maximum absolute atomic E-state index is 13.1. The van der Waals surface area contributed by atoms with Gasteiger partial charge in [0.2, 0.25) is 0 Å². The molecule has 23 heavy (non-hydrogen) atoms. The van der Waals surface area contributed by atoms with E-state index in [1.807, 2.05) is 37.3 Å². The van der Waals surface area contributed by atoms with E-state index in [4.69, 9.17) is 10.5 Å². The highest BCUT2D eigenvalue weighted by Crippen LogP contribution is 2.26. The minimum atomic E-state index is -0.653. The van der Waals surface area contributed by atoms with Crippen molar-refractivity contribution in [2.24, 2.45) is 5.73 Å². The molecule has 0 aliphatic rings. The molecule has 0 heterocycles. The summed E-state index contributed by atoms with van der Waals surface area (Å²) in [5.74, 6) is -0.705. The Balaban J connectivity index is 2.21. The highest BCUT2D eigenvalue weighted by molar-refractivity contribution is 5.75. The third-order valence-electron chi connectivity index (χ3n) is 3.84. The molecular formula is C19H22FNO2. The van der Waals surface area contributed by atoms with E-state index in [2.05, 4.69) is 0 Å². The number of rotatable bonds is 6. The van der Waals surface area contributed by atoms with E-state index in [1.54, 1.807) is 19.1 Å². The average Bonchev–Trinajstić information content (AvgIpc) is 2.54. The summed E-state index contributed by atoms with van der Waals surface area (Å²) in [6.07, 6.45) is 0.318. The number of carbonyl (C=O) groups excluding carboxylic acids is 1. The van der Waals surface area contributed by atoms with Crippen molar-refractivity contribution in [1.82, 2.24) is 0 Å². The molecule has 0 saturated carbocycles. The van der Waals surface area contributed by atoms with Gasteiger partial charge in [-0.15, -0.1) is 0 Å². The number of hydrogen-bond acceptors (Lipinski definition) is 3. The summed E-state index contributed by atoms with van der Waals surface area (Å²) in [5.41, 5.74) is 7.64. The fourth-order valence-electron chi connectivity index (χ4n) is 2.50. The summed E-state index contributed by atoms with van der Waals surface area (Å²) in [6.45, 7) is 3.47. The van der Waals surface area contributed by atoms with Crippen LogP contribution in [0.5, 0.6) is 0 Å². The second-order valence-corrected chi connectivity index (χ2v) is 5.78. The van der Waals surface area contributed by atoms with Crippen molar-refractivity contribution >= 4 is 5.97 Å². The molecule has 0 aliphatic carbocycles. The number of benzene rings is 2. The molecule has 0 aliphatic heterocycles. The van der Waals surface area contributed by atoms with Crippen molar-refractivity contribution < 1.29 is 13.9 Å². The van der Waals surface area contributed by atoms with Gasteiger partial charge in [0, 0.05) is 5.92 Å². The number of esters is 1. The van der Waals surface area contributed by atoms with E-state index in [-0.39, 0.29) is 17.8 Å². The van der Waals surface area contributed by atoms with Crippen LogP contribution < -0.4 is 5.73 Å². The molecule has 0 fully saturated rings. The van der Waals surface area contributed by atoms with Gasteiger partial charge in [0.25, 0.3) is 0 Å². The summed E-state index contributed by atoms with van der Waals surface area (Å²) < 4.78 is 18.6. The van der Waals surface area contributed by atoms with Crippen LogP contribution in [0.1, 0.15) is 30.9 Å². The van der Waals surface area contributed by atoms with Crippen LogP contribution in [0.15, 0.2) is 54.6 Å². The molecule has 0 unspecified atom stereocenters. The molecule has 0 saturated heterocycles. The lowest BCUT2D eigenvalue weighted by Gasteiger charge is -2.25. The largest absolute Gasteiger partial charge is 0.461 e. The Kier molecular flexibility index (Phi) is 5.88. The molecule has 122 valence electrons. The van der Waals surface area contributed by atoms with Gasteiger partial charge in [-0.2, -0.15) is 0 Å². The second kappa shape index (κ2) is 7.88. The van der Waals surface area contributed by atoms with E-state index < -0.39 is 12.0 Å². The Morgan fingerprint density at radius 3 is 2.26 bits per heavy atom. The molecule has 3 nitrogen and oxygen atoms in total. The summed E-state index contributed by atoms with van der Waals surface area (Å²) in [6, 6.07) is 15.6. The predicted octanol–water partition coefficient (Wildman–Crippen LogP) is 3.43. The van der Waals surface area contributed by atoms with Crippen molar-refractivity contribution in [1.29, 1.82) is 0 Å². The normalized spacial score (nSPS) is 14.8. The number of carbonyl (C=O) groups is 1. The molecular weight excluding hydrogens is 293 g/mol. The van der Waals surface area contributed by atoms with Crippen molar-refractivity contribution in [3.8, 4) is 0 Å². The molecule has 0 radical (unpaired) electrons. The average molecular weight is 315 g/mol. The first-order valence-corrected chi connectivity index (χ1v) is 7.73. The molecule has 0 spiro atoms. The first-order valence-electron chi connectivity index (χ1n) is 7.73. The zero-order valence-corrected chi connectivity index (χ0v) is 13.4. The Bertz CT molecular complexity index is 626. The maximum Gasteiger partial charge on any atom is 0.322 e. The zero-order valence-electron chi connectivity index (χ0n) is 13.4. The van der Waals surface area contributed by atoms with Crippen LogP contribution >= 0.6 is 0 Å². The highest BCUT2D eigenvalue weighted by Gasteiger charge is 2.24. The Morgan fingerprint density at radius 2 is 1.70 bits per heavy atom. The maximum atomic E-state index is 13.1. The lowest BCUT2D eigenvalue weighted by Crippen LogP contribution is -2.34. The van der Waals surface area contributed by atoms with Crippen LogP contribution in [0.25, 0.3) is 0 Å². The summed E-state index contributed by atoms with van der Waals surface area (Å²) in [5, 5.41) is 0. The molecule has 0 aromatic heterocycles. The highest BCUT2D eigenvalue weighted by atomic mass is 19.1. The SMILES string of the molecule is C[C@H](N)C(=O)O[C@@H](C)[C@H](Cc1ccc(F)cc1)c1ccccc1. The van der Waals surface area contributed by atoms with Gasteiger partial charge < -0.3 is 10.5 Å². The molecule has 0 amide bonds. The zero-order chi connectivity index (χ0) is 16.8. The third-order valence-corrected chi connectivity index (χ3v) is 3.84. The summed E-state index contributed by atoms with van der Waals surface area (Å²) >= 11 is 0. The molecule has 2 aromatic rings. The van der Waals surface area contributed by atoms with E-state index in [1.165, 1.54) is 12.1 Å². The van der Waals surface area contributed by atoms with E-state index in [9.17, 15) is 9.18 Å². The molecule has 3 atom stereocenters. The van der Waals surface area contributed by atoms with Crippen LogP contribution in [0.3, 0.4) is 0 Å². The van der Waals surface area contributed by atoms with Gasteiger partial charge in [-0.3, -0.25) is 4.79 Å². The fraction of sp³-hybridized carbons (Fsp3) is 0.316. The summed E-state index contributed by atoms with van der Waals surface area (Å²) in [7, 11) is 0. The van der Waals surface area contributed by atoms with Gasteiger partial charge in [-0.1, -0.05) is 42.5 Å². The van der Waals surface area contributed by atoms with E-state index in [0.29, 0.717) is 6.42 Å². The Hall–Kier alpha value is -2.20. The van der Waals surface area contributed by atoms with Gasteiger partial charge in [-0.25, -0.2) is 4.39 Å². The first kappa shape index (κ1) is 17.2. The van der Waals surface area contributed by atoms with Gasteiger partial charge in [0.1, 0.15) is 18.0 Å². The van der Waals surface area contributed by atoms with Gasteiger partial charge >= 0.3 is 5.97 Å². The number of nitrogens with two attached hydrogens (primary N) is 1. The molecule has 2 aromatic carbocycles. The van der Waals surface area contributed by atoms with Crippen molar-refractivity contribution in [2.75, 3.05) is 0 Å². The lowest BCUT2D eigenvalue weighted by molar-refractivity contribution is -0.150. The van der Waals surface area contributed by atoms with Gasteiger partial charge in [-0.05, 0) is 43.5 Å². The molecule has 2 rings (SSSR count). The Morgan fingerprint density at radius 1 is 1.09 bits per heavy atom. The molecule has 2 N–H and O–H groups in total. The van der Waals surface area contributed by atoms with Crippen molar-refractivity contribution in [2.45, 2.75) is 38.3 Å². The van der Waals surface area contributed by atoms with Crippen LogP contribution in [-0.4, -0.2) is 18.1 Å². The third kappa shape index (κ3) is 4.89. The topological polar surface area (TPSA) is 52.3 Å². The molecule has 0 bridgehead atoms. The minimum absolute atomic E-state index is 0.0237. The monoisotopic (exact) mass is 315 g/mol. The smallest absolute Gasteiger partial charge is 0.322 e. The molecule has 4 heteroatoms. The van der Waals surface area contributed by atoms with Gasteiger partial charge in [0.05, 0.1) is 0 Å². The fourth-order valence-corrected chi connectivity index (χ4v) is 2.50. The number of hydrogen-bond donors (Lipinski definition) is 1. The van der Waals surface area contributed by atoms with Crippen LogP contribution in [-0.2, 0) is 16.0 Å². The summed E-state index contributed by atoms with van der Waals surface area (Å²) in [4.78, 5) is 11.8.